The highest BCUT2D eigenvalue weighted by atomic mass is 19.1. The molecule has 1 aromatic rings. The van der Waals surface area contributed by atoms with E-state index in [1.54, 1.807) is 4.90 Å². The summed E-state index contributed by atoms with van der Waals surface area (Å²) in [7, 11) is 1.37. The van der Waals surface area contributed by atoms with E-state index in [1.165, 1.54) is 25.3 Å². The van der Waals surface area contributed by atoms with Crippen molar-refractivity contribution in [2.24, 2.45) is 0 Å². The van der Waals surface area contributed by atoms with Gasteiger partial charge in [0.15, 0.2) is 11.6 Å². The molecule has 1 aliphatic carbocycles. The Morgan fingerprint density at radius 2 is 2.15 bits per heavy atom. The number of aliphatic hydroxyl groups is 1. The van der Waals surface area contributed by atoms with Gasteiger partial charge in [-0.25, -0.2) is 4.39 Å². The van der Waals surface area contributed by atoms with Gasteiger partial charge < -0.3 is 14.7 Å². The first-order chi connectivity index (χ1) is 9.67. The average Bonchev–Trinajstić information content (AvgIpc) is 2.98. The van der Waals surface area contributed by atoms with Crippen molar-refractivity contribution < 1.29 is 19.0 Å². The highest BCUT2D eigenvalue weighted by Gasteiger charge is 2.27. The van der Waals surface area contributed by atoms with E-state index in [2.05, 4.69) is 0 Å². The molecule has 4 nitrogen and oxygen atoms in total. The fourth-order valence-electron chi connectivity index (χ4n) is 2.73. The van der Waals surface area contributed by atoms with E-state index in [1.807, 2.05) is 0 Å². The summed E-state index contributed by atoms with van der Waals surface area (Å²) in [6.07, 6.45) is 4.13. The van der Waals surface area contributed by atoms with Crippen LogP contribution in [0.4, 0.5) is 4.39 Å². The van der Waals surface area contributed by atoms with Gasteiger partial charge in [0.25, 0.3) is 5.91 Å². The van der Waals surface area contributed by atoms with Gasteiger partial charge in [-0.3, -0.25) is 4.79 Å². The molecule has 1 amide bonds. The van der Waals surface area contributed by atoms with E-state index in [0.717, 1.165) is 25.7 Å². The highest BCUT2D eigenvalue weighted by molar-refractivity contribution is 5.94. The number of hydrogen-bond donors (Lipinski definition) is 1. The second kappa shape index (κ2) is 6.70. The topological polar surface area (TPSA) is 49.8 Å². The molecule has 1 saturated carbocycles. The number of carbonyl (C=O) groups excluding carboxylic acids is 1. The van der Waals surface area contributed by atoms with Crippen LogP contribution < -0.4 is 4.74 Å². The second-order valence-electron chi connectivity index (χ2n) is 5.01. The predicted octanol–water partition coefficient (Wildman–Crippen LogP) is 2.21. The Balaban J connectivity index is 2.22. The summed E-state index contributed by atoms with van der Waals surface area (Å²) in [5, 5.41) is 9.16. The standard InChI is InChI=1S/C15H20FNO3/c1-20-14-10-11(6-7-13(14)16)15(19)17(8-9-18)12-4-2-3-5-12/h6-7,10,12,18H,2-5,8-9H2,1H3. The lowest BCUT2D eigenvalue weighted by Crippen LogP contribution is -2.40. The molecule has 1 aromatic carbocycles. The molecule has 0 radical (unpaired) electrons. The molecule has 5 heteroatoms. The van der Waals surface area contributed by atoms with E-state index in [9.17, 15) is 9.18 Å². The molecule has 1 aliphatic rings. The van der Waals surface area contributed by atoms with Gasteiger partial charge in [0, 0.05) is 18.2 Å². The third kappa shape index (κ3) is 3.10. The summed E-state index contributed by atoms with van der Waals surface area (Å²) < 4.78 is 18.3. The van der Waals surface area contributed by atoms with Crippen LogP contribution in [-0.2, 0) is 0 Å². The first-order valence-corrected chi connectivity index (χ1v) is 6.92. The Bertz CT molecular complexity index is 472. The third-order valence-corrected chi connectivity index (χ3v) is 3.77. The minimum atomic E-state index is -0.487. The lowest BCUT2D eigenvalue weighted by molar-refractivity contribution is 0.0637. The minimum Gasteiger partial charge on any atom is -0.494 e. The maximum atomic E-state index is 13.4. The van der Waals surface area contributed by atoms with Crippen molar-refractivity contribution in [1.82, 2.24) is 4.90 Å². The number of nitrogens with zero attached hydrogens (tertiary/aromatic N) is 1. The quantitative estimate of drug-likeness (QED) is 0.900. The molecule has 110 valence electrons. The Morgan fingerprint density at radius 1 is 1.45 bits per heavy atom. The van der Waals surface area contributed by atoms with Gasteiger partial charge in [-0.15, -0.1) is 0 Å². The number of ether oxygens (including phenoxy) is 1. The first kappa shape index (κ1) is 14.8. The molecule has 2 rings (SSSR count). The number of aliphatic hydroxyl groups excluding tert-OH is 1. The zero-order chi connectivity index (χ0) is 14.5. The van der Waals surface area contributed by atoms with Gasteiger partial charge >= 0.3 is 0 Å². The predicted molar refractivity (Wildman–Crippen MR) is 73.3 cm³/mol. The average molecular weight is 281 g/mol. The normalized spacial score (nSPS) is 15.3. The van der Waals surface area contributed by atoms with Gasteiger partial charge in [-0.05, 0) is 31.0 Å². The van der Waals surface area contributed by atoms with E-state index < -0.39 is 5.82 Å². The van der Waals surface area contributed by atoms with Crippen molar-refractivity contribution in [3.63, 3.8) is 0 Å². The van der Waals surface area contributed by atoms with Crippen LogP contribution in [0.25, 0.3) is 0 Å². The molecular weight excluding hydrogens is 261 g/mol. The molecule has 0 aliphatic heterocycles. The Morgan fingerprint density at radius 3 is 2.75 bits per heavy atom. The molecule has 1 fully saturated rings. The largest absolute Gasteiger partial charge is 0.494 e. The van der Waals surface area contributed by atoms with E-state index in [4.69, 9.17) is 9.84 Å². The minimum absolute atomic E-state index is 0.0613. The monoisotopic (exact) mass is 281 g/mol. The summed E-state index contributed by atoms with van der Waals surface area (Å²) >= 11 is 0. The van der Waals surface area contributed by atoms with Gasteiger partial charge in [0.2, 0.25) is 0 Å². The Hall–Kier alpha value is -1.62. The Labute approximate surface area is 118 Å². The Kier molecular flexibility index (Phi) is 4.95. The first-order valence-electron chi connectivity index (χ1n) is 6.92. The van der Waals surface area contributed by atoms with Crippen LogP contribution in [0.3, 0.4) is 0 Å². The smallest absolute Gasteiger partial charge is 0.254 e. The van der Waals surface area contributed by atoms with Crippen LogP contribution in [0, 0.1) is 5.82 Å². The summed E-state index contributed by atoms with van der Waals surface area (Å²) in [5.74, 6) is -0.603. The maximum absolute atomic E-state index is 13.4. The van der Waals surface area contributed by atoms with Crippen molar-refractivity contribution in [3.05, 3.63) is 29.6 Å². The third-order valence-electron chi connectivity index (χ3n) is 3.77. The molecule has 0 atom stereocenters. The SMILES string of the molecule is COc1cc(C(=O)N(CCO)C2CCCC2)ccc1F. The van der Waals surface area contributed by atoms with Crippen molar-refractivity contribution in [1.29, 1.82) is 0 Å². The molecule has 20 heavy (non-hydrogen) atoms. The molecule has 0 saturated heterocycles. The molecule has 0 aromatic heterocycles. The molecule has 0 bridgehead atoms. The molecule has 1 N–H and O–H groups in total. The van der Waals surface area contributed by atoms with Crippen LogP contribution in [0.5, 0.6) is 5.75 Å². The fraction of sp³-hybridized carbons (Fsp3) is 0.533. The fourth-order valence-corrected chi connectivity index (χ4v) is 2.73. The van der Waals surface area contributed by atoms with Gasteiger partial charge in [0.05, 0.1) is 13.7 Å². The van der Waals surface area contributed by atoms with E-state index in [0.29, 0.717) is 12.1 Å². The van der Waals surface area contributed by atoms with Crippen LogP contribution in [0.15, 0.2) is 18.2 Å². The molecule has 0 spiro atoms. The molecule has 0 unspecified atom stereocenters. The summed E-state index contributed by atoms with van der Waals surface area (Å²) in [5.41, 5.74) is 0.392. The lowest BCUT2D eigenvalue weighted by atomic mass is 10.1. The number of benzene rings is 1. The number of methoxy groups -OCH3 is 1. The molecular formula is C15H20FNO3. The van der Waals surface area contributed by atoms with E-state index in [-0.39, 0.29) is 24.3 Å². The summed E-state index contributed by atoms with van der Waals surface area (Å²) in [6.45, 7) is 0.240. The number of rotatable bonds is 5. The highest BCUT2D eigenvalue weighted by Crippen LogP contribution is 2.26. The second-order valence-corrected chi connectivity index (χ2v) is 5.01. The van der Waals surface area contributed by atoms with Crippen molar-refractivity contribution >= 4 is 5.91 Å². The van der Waals surface area contributed by atoms with Gasteiger partial charge in [-0.2, -0.15) is 0 Å². The number of carbonyl (C=O) groups is 1. The van der Waals surface area contributed by atoms with Crippen molar-refractivity contribution in [3.8, 4) is 5.75 Å². The number of hydrogen-bond acceptors (Lipinski definition) is 3. The zero-order valence-corrected chi connectivity index (χ0v) is 11.6. The number of halogens is 1. The summed E-state index contributed by atoms with van der Waals surface area (Å²) in [6, 6.07) is 4.28. The van der Waals surface area contributed by atoms with Crippen LogP contribution in [0.2, 0.25) is 0 Å². The van der Waals surface area contributed by atoms with Crippen molar-refractivity contribution in [2.75, 3.05) is 20.3 Å². The zero-order valence-electron chi connectivity index (χ0n) is 11.6. The number of amides is 1. The van der Waals surface area contributed by atoms with E-state index >= 15 is 0 Å². The molecule has 0 heterocycles. The summed E-state index contributed by atoms with van der Waals surface area (Å²) in [4.78, 5) is 14.2. The van der Waals surface area contributed by atoms with Crippen molar-refractivity contribution in [2.45, 2.75) is 31.7 Å². The van der Waals surface area contributed by atoms with Gasteiger partial charge in [-0.1, -0.05) is 12.8 Å². The van der Waals surface area contributed by atoms with Gasteiger partial charge in [0.1, 0.15) is 0 Å². The van der Waals surface area contributed by atoms with Crippen LogP contribution in [0.1, 0.15) is 36.0 Å². The lowest BCUT2D eigenvalue weighted by Gasteiger charge is -2.28. The van der Waals surface area contributed by atoms with Crippen LogP contribution in [-0.4, -0.2) is 42.2 Å². The maximum Gasteiger partial charge on any atom is 0.254 e. The van der Waals surface area contributed by atoms with Crippen LogP contribution >= 0.6 is 0 Å².